The minimum absolute atomic E-state index is 0.161. The van der Waals surface area contributed by atoms with Gasteiger partial charge in [0.2, 0.25) is 0 Å². The first-order valence-electron chi connectivity index (χ1n) is 7.16. The van der Waals surface area contributed by atoms with Crippen LogP contribution >= 0.6 is 11.6 Å². The Morgan fingerprint density at radius 2 is 1.77 bits per heavy atom. The molecule has 0 spiro atoms. The summed E-state index contributed by atoms with van der Waals surface area (Å²) in [5.74, 6) is 0.450. The summed E-state index contributed by atoms with van der Waals surface area (Å²) < 4.78 is 5.77. The van der Waals surface area contributed by atoms with E-state index in [4.69, 9.17) is 16.3 Å². The lowest BCUT2D eigenvalue weighted by atomic mass is 10.1. The number of hydrogen-bond acceptors (Lipinski definition) is 2. The van der Waals surface area contributed by atoms with Crippen molar-refractivity contribution in [2.24, 2.45) is 0 Å². The van der Waals surface area contributed by atoms with Crippen molar-refractivity contribution in [3.05, 3.63) is 64.7 Å². The maximum atomic E-state index is 12.4. The molecule has 0 aromatic heterocycles. The fourth-order valence-electron chi connectivity index (χ4n) is 2.04. The molecular formula is C18H20ClNO2. The van der Waals surface area contributed by atoms with Gasteiger partial charge >= 0.3 is 0 Å². The smallest absolute Gasteiger partial charge is 0.263 e. The van der Waals surface area contributed by atoms with E-state index in [1.807, 2.05) is 31.2 Å². The van der Waals surface area contributed by atoms with Crippen molar-refractivity contribution in [1.82, 2.24) is 5.32 Å². The second-order valence-corrected chi connectivity index (χ2v) is 6.11. The Balaban J connectivity index is 1.98. The van der Waals surface area contributed by atoms with E-state index in [-0.39, 0.29) is 5.91 Å². The molecule has 116 valence electrons. The molecule has 0 saturated carbocycles. The van der Waals surface area contributed by atoms with E-state index in [1.54, 1.807) is 38.1 Å². The molecule has 0 aliphatic carbocycles. The highest BCUT2D eigenvalue weighted by Gasteiger charge is 2.29. The average molecular weight is 318 g/mol. The Bertz CT molecular complexity index is 650. The second-order valence-electron chi connectivity index (χ2n) is 5.68. The lowest BCUT2D eigenvalue weighted by Crippen LogP contribution is -2.46. The zero-order valence-corrected chi connectivity index (χ0v) is 13.8. The highest BCUT2D eigenvalue weighted by atomic mass is 35.5. The summed E-state index contributed by atoms with van der Waals surface area (Å²) in [5.41, 5.74) is 1.29. The van der Waals surface area contributed by atoms with Crippen molar-refractivity contribution < 1.29 is 9.53 Å². The number of aryl methyl sites for hydroxylation is 1. The van der Waals surface area contributed by atoms with E-state index in [2.05, 4.69) is 5.32 Å². The second kappa shape index (κ2) is 6.84. The van der Waals surface area contributed by atoms with Crippen molar-refractivity contribution in [1.29, 1.82) is 0 Å². The maximum Gasteiger partial charge on any atom is 0.263 e. The third-order valence-electron chi connectivity index (χ3n) is 3.43. The summed E-state index contributed by atoms with van der Waals surface area (Å²) in [6.07, 6.45) is 0. The number of ether oxygens (including phenoxy) is 1. The number of carbonyl (C=O) groups excluding carboxylic acids is 1. The zero-order chi connectivity index (χ0) is 16.2. The molecule has 2 aromatic carbocycles. The van der Waals surface area contributed by atoms with E-state index in [0.29, 0.717) is 17.3 Å². The fourth-order valence-corrected chi connectivity index (χ4v) is 2.17. The van der Waals surface area contributed by atoms with Gasteiger partial charge in [-0.1, -0.05) is 35.9 Å². The molecule has 22 heavy (non-hydrogen) atoms. The molecule has 0 radical (unpaired) electrons. The molecule has 0 atom stereocenters. The van der Waals surface area contributed by atoms with Crippen molar-refractivity contribution in [2.75, 3.05) is 0 Å². The van der Waals surface area contributed by atoms with Crippen molar-refractivity contribution in [3.63, 3.8) is 0 Å². The van der Waals surface area contributed by atoms with Gasteiger partial charge in [-0.3, -0.25) is 4.79 Å². The van der Waals surface area contributed by atoms with E-state index >= 15 is 0 Å². The first kappa shape index (κ1) is 16.4. The van der Waals surface area contributed by atoms with Crippen molar-refractivity contribution >= 4 is 17.5 Å². The number of nitrogens with one attached hydrogen (secondary N) is 1. The monoisotopic (exact) mass is 317 g/mol. The molecule has 0 bridgehead atoms. The fraction of sp³-hybridized carbons (Fsp3) is 0.278. The molecule has 2 rings (SSSR count). The molecule has 0 unspecified atom stereocenters. The zero-order valence-electron chi connectivity index (χ0n) is 13.0. The molecule has 0 heterocycles. The largest absolute Gasteiger partial charge is 0.478 e. The van der Waals surface area contributed by atoms with Crippen molar-refractivity contribution in [2.45, 2.75) is 32.9 Å². The normalized spacial score (nSPS) is 11.1. The minimum Gasteiger partial charge on any atom is -0.478 e. The highest BCUT2D eigenvalue weighted by molar-refractivity contribution is 6.30. The van der Waals surface area contributed by atoms with Crippen LogP contribution < -0.4 is 10.1 Å². The Labute approximate surface area is 136 Å². The lowest BCUT2D eigenvalue weighted by molar-refractivity contribution is -0.134. The predicted molar refractivity (Wildman–Crippen MR) is 89.2 cm³/mol. The molecular weight excluding hydrogens is 298 g/mol. The summed E-state index contributed by atoms with van der Waals surface area (Å²) in [6, 6.07) is 14.9. The van der Waals surface area contributed by atoms with Crippen LogP contribution in [0.2, 0.25) is 5.02 Å². The lowest BCUT2D eigenvalue weighted by Gasteiger charge is -2.25. The SMILES string of the molecule is Cc1ccccc1CNC(=O)C(C)(C)Oc1ccc(Cl)cc1. The molecule has 4 heteroatoms. The van der Waals surface area contributed by atoms with Gasteiger partial charge in [0, 0.05) is 11.6 Å². The van der Waals surface area contributed by atoms with Crippen LogP contribution in [0, 0.1) is 6.92 Å². The van der Waals surface area contributed by atoms with Gasteiger partial charge in [-0.15, -0.1) is 0 Å². The van der Waals surface area contributed by atoms with Gasteiger partial charge in [0.15, 0.2) is 5.60 Å². The van der Waals surface area contributed by atoms with Gasteiger partial charge in [0.05, 0.1) is 0 Å². The summed E-state index contributed by atoms with van der Waals surface area (Å²) in [6.45, 7) is 6.00. The topological polar surface area (TPSA) is 38.3 Å². The Morgan fingerprint density at radius 1 is 1.14 bits per heavy atom. The first-order valence-corrected chi connectivity index (χ1v) is 7.54. The van der Waals surface area contributed by atoms with Gasteiger partial charge < -0.3 is 10.1 Å². The Hall–Kier alpha value is -2.00. The van der Waals surface area contributed by atoms with E-state index in [0.717, 1.165) is 11.1 Å². The van der Waals surface area contributed by atoms with Crippen LogP contribution in [0.15, 0.2) is 48.5 Å². The van der Waals surface area contributed by atoms with Gasteiger partial charge in [0.25, 0.3) is 5.91 Å². The van der Waals surface area contributed by atoms with Crippen LogP contribution in [0.5, 0.6) is 5.75 Å². The molecule has 3 nitrogen and oxygen atoms in total. The van der Waals surface area contributed by atoms with E-state index < -0.39 is 5.60 Å². The van der Waals surface area contributed by atoms with Crippen LogP contribution in [0.1, 0.15) is 25.0 Å². The Morgan fingerprint density at radius 3 is 2.41 bits per heavy atom. The van der Waals surface area contributed by atoms with Gasteiger partial charge in [-0.25, -0.2) is 0 Å². The quantitative estimate of drug-likeness (QED) is 0.900. The third kappa shape index (κ3) is 4.25. The number of benzene rings is 2. The molecule has 0 aliphatic heterocycles. The highest BCUT2D eigenvalue weighted by Crippen LogP contribution is 2.21. The van der Waals surface area contributed by atoms with Crippen LogP contribution in [0.25, 0.3) is 0 Å². The average Bonchev–Trinajstić information content (AvgIpc) is 2.48. The first-order chi connectivity index (χ1) is 10.4. The molecule has 1 amide bonds. The maximum absolute atomic E-state index is 12.4. The van der Waals surface area contributed by atoms with Crippen LogP contribution in [-0.4, -0.2) is 11.5 Å². The van der Waals surface area contributed by atoms with Gasteiger partial charge in [-0.05, 0) is 56.2 Å². The summed E-state index contributed by atoms with van der Waals surface area (Å²) in [4.78, 5) is 12.4. The number of amides is 1. The molecule has 2 aromatic rings. The Kier molecular flexibility index (Phi) is 5.09. The van der Waals surface area contributed by atoms with Crippen molar-refractivity contribution in [3.8, 4) is 5.75 Å². The predicted octanol–water partition coefficient (Wildman–Crippen LogP) is 4.12. The number of carbonyl (C=O) groups is 1. The summed E-state index contributed by atoms with van der Waals surface area (Å²) in [5, 5.41) is 3.56. The number of halogens is 1. The number of rotatable bonds is 5. The van der Waals surface area contributed by atoms with Crippen LogP contribution in [0.3, 0.4) is 0 Å². The van der Waals surface area contributed by atoms with Gasteiger partial charge in [0.1, 0.15) is 5.75 Å². The van der Waals surface area contributed by atoms with E-state index in [9.17, 15) is 4.79 Å². The van der Waals surface area contributed by atoms with E-state index in [1.165, 1.54) is 0 Å². The summed E-state index contributed by atoms with van der Waals surface area (Å²) >= 11 is 5.84. The van der Waals surface area contributed by atoms with Gasteiger partial charge in [-0.2, -0.15) is 0 Å². The number of hydrogen-bond donors (Lipinski definition) is 1. The third-order valence-corrected chi connectivity index (χ3v) is 3.69. The summed E-state index contributed by atoms with van der Waals surface area (Å²) in [7, 11) is 0. The molecule has 0 saturated heterocycles. The molecule has 0 aliphatic rings. The van der Waals surface area contributed by atoms with Crippen LogP contribution in [-0.2, 0) is 11.3 Å². The minimum atomic E-state index is -0.962. The van der Waals surface area contributed by atoms with Crippen LogP contribution in [0.4, 0.5) is 0 Å². The molecule has 0 fully saturated rings. The molecule has 1 N–H and O–H groups in total. The standard InChI is InChI=1S/C18H20ClNO2/c1-13-6-4-5-7-14(13)12-20-17(21)18(2,3)22-16-10-8-15(19)9-11-16/h4-11H,12H2,1-3H3,(H,20,21).